The lowest BCUT2D eigenvalue weighted by molar-refractivity contribution is -0.241. The van der Waals surface area contributed by atoms with Crippen molar-refractivity contribution in [2.75, 3.05) is 34.9 Å². The van der Waals surface area contributed by atoms with Crippen molar-refractivity contribution in [3.63, 3.8) is 0 Å². The SMILES string of the molecule is CC[C@@H]1C2C[C@H](OCOC)CCC2(C)C2CC[C@@]3(C)C(CC[C@@H]3[C@H](C)C(F)(F)C(=O)OC)C2[C@@H]1OCOC. The zero-order valence-electron chi connectivity index (χ0n) is 24.5. The first kappa shape index (κ1) is 30.1. The first-order chi connectivity index (χ1) is 18.0. The monoisotopic (exact) mass is 544 g/mol. The molecule has 0 radical (unpaired) electrons. The Labute approximate surface area is 227 Å². The van der Waals surface area contributed by atoms with Gasteiger partial charge in [0.15, 0.2) is 0 Å². The molecule has 4 saturated carbocycles. The summed E-state index contributed by atoms with van der Waals surface area (Å²) >= 11 is 0. The topological polar surface area (TPSA) is 63.2 Å². The van der Waals surface area contributed by atoms with Gasteiger partial charge in [-0.1, -0.05) is 34.1 Å². The molecule has 220 valence electrons. The molecule has 4 aliphatic carbocycles. The van der Waals surface area contributed by atoms with Crippen molar-refractivity contribution in [1.82, 2.24) is 0 Å². The van der Waals surface area contributed by atoms with Crippen LogP contribution in [0.4, 0.5) is 8.78 Å². The zero-order chi connectivity index (χ0) is 27.9. The van der Waals surface area contributed by atoms with E-state index in [0.29, 0.717) is 31.0 Å². The molecule has 4 aliphatic rings. The Kier molecular flexibility index (Phi) is 9.18. The lowest BCUT2D eigenvalue weighted by Crippen LogP contribution is -2.63. The summed E-state index contributed by atoms with van der Waals surface area (Å²) in [6.45, 7) is 9.06. The van der Waals surface area contributed by atoms with Gasteiger partial charge in [-0.2, -0.15) is 8.78 Å². The Morgan fingerprint density at radius 2 is 1.55 bits per heavy atom. The Bertz CT molecular complexity index is 825. The fraction of sp³-hybridized carbons (Fsp3) is 0.967. The Morgan fingerprint density at radius 1 is 0.921 bits per heavy atom. The van der Waals surface area contributed by atoms with Crippen LogP contribution in [0.3, 0.4) is 0 Å². The van der Waals surface area contributed by atoms with Crippen molar-refractivity contribution < 1.29 is 37.3 Å². The number of carbonyl (C=O) groups excluding carboxylic acids is 1. The van der Waals surface area contributed by atoms with Crippen molar-refractivity contribution in [2.45, 2.75) is 97.2 Å². The molecule has 0 bridgehead atoms. The minimum atomic E-state index is -3.49. The summed E-state index contributed by atoms with van der Waals surface area (Å²) in [5, 5.41) is 0. The van der Waals surface area contributed by atoms with E-state index in [1.807, 2.05) is 0 Å². The van der Waals surface area contributed by atoms with Gasteiger partial charge in [0.1, 0.15) is 13.6 Å². The molecule has 0 heterocycles. The van der Waals surface area contributed by atoms with Crippen LogP contribution in [0, 0.1) is 52.3 Å². The van der Waals surface area contributed by atoms with Crippen molar-refractivity contribution in [3.05, 3.63) is 0 Å². The number of carbonyl (C=O) groups is 1. The molecule has 0 aromatic carbocycles. The third-order valence-corrected chi connectivity index (χ3v) is 11.8. The predicted molar refractivity (Wildman–Crippen MR) is 139 cm³/mol. The molecule has 0 spiro atoms. The summed E-state index contributed by atoms with van der Waals surface area (Å²) in [6.07, 6.45) is 7.84. The van der Waals surface area contributed by atoms with Crippen LogP contribution >= 0.6 is 0 Å². The van der Waals surface area contributed by atoms with Crippen molar-refractivity contribution in [2.24, 2.45) is 52.3 Å². The Morgan fingerprint density at radius 3 is 2.18 bits per heavy atom. The van der Waals surface area contributed by atoms with Crippen molar-refractivity contribution >= 4 is 5.97 Å². The second kappa shape index (κ2) is 11.6. The molecule has 0 aromatic rings. The normalized spacial score (nSPS) is 43.6. The highest BCUT2D eigenvalue weighted by atomic mass is 19.3. The molecular formula is C30H50F2O6. The first-order valence-corrected chi connectivity index (χ1v) is 14.7. The van der Waals surface area contributed by atoms with E-state index in [-0.39, 0.29) is 47.6 Å². The third-order valence-electron chi connectivity index (χ3n) is 11.8. The van der Waals surface area contributed by atoms with Crippen LogP contribution in [0.15, 0.2) is 0 Å². The average molecular weight is 545 g/mol. The smallest absolute Gasteiger partial charge is 0.377 e. The summed E-state index contributed by atoms with van der Waals surface area (Å²) < 4.78 is 58.1. The molecule has 11 atom stereocenters. The maximum absolute atomic E-state index is 15.2. The van der Waals surface area contributed by atoms with E-state index in [4.69, 9.17) is 18.9 Å². The molecule has 4 rings (SSSR count). The highest BCUT2D eigenvalue weighted by Gasteiger charge is 2.67. The zero-order valence-corrected chi connectivity index (χ0v) is 24.5. The van der Waals surface area contributed by atoms with E-state index >= 15 is 8.78 Å². The lowest BCUT2D eigenvalue weighted by Gasteiger charge is -2.65. The summed E-state index contributed by atoms with van der Waals surface area (Å²) in [7, 11) is 4.37. The lowest BCUT2D eigenvalue weighted by atomic mass is 9.41. The number of ether oxygens (including phenoxy) is 5. The maximum Gasteiger partial charge on any atom is 0.377 e. The number of hydrogen-bond donors (Lipinski definition) is 0. The number of halogens is 2. The van der Waals surface area contributed by atoms with E-state index in [2.05, 4.69) is 25.5 Å². The Balaban J connectivity index is 1.68. The summed E-state index contributed by atoms with van der Waals surface area (Å²) in [4.78, 5) is 12.0. The van der Waals surface area contributed by atoms with Gasteiger partial charge in [0.05, 0.1) is 19.3 Å². The van der Waals surface area contributed by atoms with Crippen molar-refractivity contribution in [1.29, 1.82) is 0 Å². The van der Waals surface area contributed by atoms with Crippen LogP contribution in [-0.4, -0.2) is 59.0 Å². The van der Waals surface area contributed by atoms with E-state index < -0.39 is 17.8 Å². The summed E-state index contributed by atoms with van der Waals surface area (Å²) in [5.41, 5.74) is -0.112. The summed E-state index contributed by atoms with van der Waals surface area (Å²) in [5.74, 6) is -4.37. The number of rotatable bonds is 10. The molecule has 8 heteroatoms. The van der Waals surface area contributed by atoms with Crippen molar-refractivity contribution in [3.8, 4) is 0 Å². The molecule has 6 nitrogen and oxygen atoms in total. The highest BCUT2D eigenvalue weighted by molar-refractivity contribution is 5.77. The second-order valence-corrected chi connectivity index (χ2v) is 13.1. The molecule has 0 aromatic heterocycles. The number of fused-ring (bicyclic) bond motifs is 5. The van der Waals surface area contributed by atoms with Gasteiger partial charge in [-0.15, -0.1) is 0 Å². The van der Waals surface area contributed by atoms with Crippen LogP contribution in [0.5, 0.6) is 0 Å². The molecule has 0 amide bonds. The third kappa shape index (κ3) is 4.83. The highest BCUT2D eigenvalue weighted by Crippen LogP contribution is 2.70. The van der Waals surface area contributed by atoms with Crippen LogP contribution in [0.2, 0.25) is 0 Å². The number of alkyl halides is 2. The molecule has 38 heavy (non-hydrogen) atoms. The van der Waals surface area contributed by atoms with Crippen LogP contribution in [-0.2, 0) is 28.5 Å². The van der Waals surface area contributed by atoms with Crippen LogP contribution in [0.25, 0.3) is 0 Å². The molecule has 0 N–H and O–H groups in total. The minimum Gasteiger partial charge on any atom is -0.465 e. The van der Waals surface area contributed by atoms with Crippen LogP contribution in [0.1, 0.15) is 79.1 Å². The van der Waals surface area contributed by atoms with Gasteiger partial charge in [-0.05, 0) is 91.3 Å². The van der Waals surface area contributed by atoms with Gasteiger partial charge in [0.2, 0.25) is 0 Å². The van der Waals surface area contributed by atoms with Gasteiger partial charge in [0.25, 0.3) is 0 Å². The molecule has 4 fully saturated rings. The van der Waals surface area contributed by atoms with Gasteiger partial charge in [-0.3, -0.25) is 0 Å². The fourth-order valence-electron chi connectivity index (χ4n) is 10.0. The largest absolute Gasteiger partial charge is 0.465 e. The van der Waals surface area contributed by atoms with E-state index in [1.165, 1.54) is 0 Å². The quantitative estimate of drug-likeness (QED) is 0.237. The van der Waals surface area contributed by atoms with E-state index in [0.717, 1.165) is 52.1 Å². The minimum absolute atomic E-state index is 0.0176. The van der Waals surface area contributed by atoms with Gasteiger partial charge < -0.3 is 23.7 Å². The maximum atomic E-state index is 15.2. The van der Waals surface area contributed by atoms with Gasteiger partial charge in [-0.25, -0.2) is 4.79 Å². The number of methoxy groups -OCH3 is 3. The molecule has 0 saturated heterocycles. The fourth-order valence-corrected chi connectivity index (χ4v) is 10.0. The first-order valence-electron chi connectivity index (χ1n) is 14.7. The van der Waals surface area contributed by atoms with Crippen LogP contribution < -0.4 is 0 Å². The second-order valence-electron chi connectivity index (χ2n) is 13.1. The number of hydrogen-bond acceptors (Lipinski definition) is 6. The van der Waals surface area contributed by atoms with Gasteiger partial charge in [0, 0.05) is 20.1 Å². The molecule has 0 aliphatic heterocycles. The average Bonchev–Trinajstić information content (AvgIpc) is 3.26. The van der Waals surface area contributed by atoms with E-state index in [9.17, 15) is 4.79 Å². The molecule has 5 unspecified atom stereocenters. The Hall–Kier alpha value is -0.830. The summed E-state index contributed by atoms with van der Waals surface area (Å²) in [6, 6.07) is 0. The van der Waals surface area contributed by atoms with Gasteiger partial charge >= 0.3 is 11.9 Å². The predicted octanol–water partition coefficient (Wildman–Crippen LogP) is 6.31. The number of esters is 1. The van der Waals surface area contributed by atoms with E-state index in [1.54, 1.807) is 21.1 Å². The molecular weight excluding hydrogens is 494 g/mol. The standard InChI is InChI=1S/C30H50F2O6/c1-8-20-24-15-19(37-16-34-5)11-13-29(24,4)23-12-14-28(3)21(18(2)30(31,32)27(33)36-7)9-10-22(28)25(23)26(20)38-17-35-6/h18-26H,8-17H2,1-7H3/t18-,19+,20+,21+,22?,23?,24?,25?,26+,28+,29?/m0/s1.